The van der Waals surface area contributed by atoms with Crippen molar-refractivity contribution in [3.05, 3.63) is 47.9 Å². The van der Waals surface area contributed by atoms with Gasteiger partial charge in [0.05, 0.1) is 12.0 Å². The third kappa shape index (κ3) is 3.38. The van der Waals surface area contributed by atoms with Crippen LogP contribution in [0.5, 0.6) is 5.75 Å². The largest absolute Gasteiger partial charge is 0.478 e. The molecule has 2 aliphatic rings. The van der Waals surface area contributed by atoms with Crippen molar-refractivity contribution in [3.63, 3.8) is 0 Å². The highest BCUT2D eigenvalue weighted by atomic mass is 16.5. The third-order valence-corrected chi connectivity index (χ3v) is 5.34. The molecular formula is C21H24N2O5. The average Bonchev–Trinajstić information content (AvgIpc) is 3.43. The van der Waals surface area contributed by atoms with Gasteiger partial charge in [-0.25, -0.2) is 0 Å². The highest BCUT2D eigenvalue weighted by Crippen LogP contribution is 2.38. The highest BCUT2D eigenvalue weighted by Gasteiger charge is 2.36. The number of nitrogens with zero attached hydrogens (tertiary/aromatic N) is 2. The molecule has 0 saturated carbocycles. The van der Waals surface area contributed by atoms with Gasteiger partial charge in [-0.3, -0.25) is 14.5 Å². The molecular weight excluding hydrogens is 360 g/mol. The Balaban J connectivity index is 1.66. The number of aliphatic hydroxyl groups excluding tert-OH is 1. The summed E-state index contributed by atoms with van der Waals surface area (Å²) in [6, 6.07) is 8.57. The molecule has 3 heterocycles. The van der Waals surface area contributed by atoms with Crippen LogP contribution in [0.15, 0.2) is 41.0 Å². The molecule has 1 fully saturated rings. The Kier molecular flexibility index (Phi) is 5.09. The molecule has 1 aromatic heterocycles. The summed E-state index contributed by atoms with van der Waals surface area (Å²) < 4.78 is 11.1. The number of carbonyl (C=O) groups excluding carboxylic acids is 2. The van der Waals surface area contributed by atoms with E-state index in [1.54, 1.807) is 35.2 Å². The monoisotopic (exact) mass is 384 g/mol. The van der Waals surface area contributed by atoms with Crippen molar-refractivity contribution >= 4 is 17.5 Å². The summed E-state index contributed by atoms with van der Waals surface area (Å²) in [7, 11) is 0. The number of rotatable bonds is 5. The lowest BCUT2D eigenvalue weighted by atomic mass is 10.0. The van der Waals surface area contributed by atoms with Crippen LogP contribution in [0.1, 0.15) is 43.6 Å². The van der Waals surface area contributed by atoms with Crippen LogP contribution in [-0.4, -0.2) is 47.6 Å². The number of aliphatic hydroxyl groups is 1. The first-order valence-corrected chi connectivity index (χ1v) is 9.69. The second-order valence-electron chi connectivity index (χ2n) is 7.17. The van der Waals surface area contributed by atoms with Crippen molar-refractivity contribution < 1.29 is 23.8 Å². The highest BCUT2D eigenvalue weighted by molar-refractivity contribution is 6.04. The first-order chi connectivity index (χ1) is 13.6. The maximum atomic E-state index is 12.9. The number of benzene rings is 1. The van der Waals surface area contributed by atoms with E-state index < -0.39 is 12.2 Å². The smallest absolute Gasteiger partial charge is 0.268 e. The number of hydrogen-bond acceptors (Lipinski definition) is 5. The van der Waals surface area contributed by atoms with E-state index in [9.17, 15) is 14.7 Å². The molecule has 0 radical (unpaired) electrons. The SMILES string of the molecule is CC[C@@H]1Oc2ccc([C@H](O)c3ccco3)cc2N(CC(=O)N2CCCC2)C1=O. The lowest BCUT2D eigenvalue weighted by Crippen LogP contribution is -2.50. The van der Waals surface area contributed by atoms with Gasteiger partial charge in [-0.15, -0.1) is 0 Å². The minimum atomic E-state index is -0.963. The van der Waals surface area contributed by atoms with Crippen LogP contribution in [-0.2, 0) is 9.59 Å². The van der Waals surface area contributed by atoms with E-state index in [0.29, 0.717) is 29.2 Å². The van der Waals surface area contributed by atoms with E-state index >= 15 is 0 Å². The van der Waals surface area contributed by atoms with Gasteiger partial charge in [-0.2, -0.15) is 0 Å². The summed E-state index contributed by atoms with van der Waals surface area (Å²) in [6.07, 6.45) is 2.43. The molecule has 2 atom stereocenters. The molecule has 0 bridgehead atoms. The molecule has 1 aromatic carbocycles. The lowest BCUT2D eigenvalue weighted by molar-refractivity contribution is -0.132. The molecule has 4 rings (SSSR count). The zero-order valence-electron chi connectivity index (χ0n) is 15.8. The van der Waals surface area contributed by atoms with Crippen molar-refractivity contribution in [2.45, 2.75) is 38.4 Å². The minimum Gasteiger partial charge on any atom is -0.478 e. The van der Waals surface area contributed by atoms with Gasteiger partial charge in [0.25, 0.3) is 5.91 Å². The molecule has 7 nitrogen and oxygen atoms in total. The second kappa shape index (κ2) is 7.67. The number of hydrogen-bond donors (Lipinski definition) is 1. The Morgan fingerprint density at radius 2 is 2.07 bits per heavy atom. The number of ether oxygens (including phenoxy) is 1. The van der Waals surface area contributed by atoms with E-state index in [1.807, 2.05) is 6.92 Å². The summed E-state index contributed by atoms with van der Waals surface area (Å²) >= 11 is 0. The van der Waals surface area contributed by atoms with Crippen LogP contribution >= 0.6 is 0 Å². The van der Waals surface area contributed by atoms with Crippen LogP contribution in [0.3, 0.4) is 0 Å². The molecule has 1 saturated heterocycles. The first-order valence-electron chi connectivity index (χ1n) is 9.69. The van der Waals surface area contributed by atoms with Gasteiger partial charge in [0.1, 0.15) is 24.2 Å². The molecule has 148 valence electrons. The van der Waals surface area contributed by atoms with Crippen LogP contribution in [0.2, 0.25) is 0 Å². The van der Waals surface area contributed by atoms with Crippen molar-refractivity contribution in [1.82, 2.24) is 4.90 Å². The predicted octanol–water partition coefficient (Wildman–Crippen LogP) is 2.49. The Bertz CT molecular complexity index is 858. The number of amides is 2. The molecule has 0 aliphatic carbocycles. The third-order valence-electron chi connectivity index (χ3n) is 5.34. The molecule has 1 N–H and O–H groups in total. The lowest BCUT2D eigenvalue weighted by Gasteiger charge is -2.35. The zero-order valence-corrected chi connectivity index (χ0v) is 15.8. The Morgan fingerprint density at radius 3 is 2.75 bits per heavy atom. The van der Waals surface area contributed by atoms with E-state index in [-0.39, 0.29) is 18.4 Å². The molecule has 0 spiro atoms. The number of anilines is 1. The summed E-state index contributed by atoms with van der Waals surface area (Å²) in [5, 5.41) is 10.6. The maximum absolute atomic E-state index is 12.9. The number of fused-ring (bicyclic) bond motifs is 1. The average molecular weight is 384 g/mol. The number of likely N-dealkylation sites (tertiary alicyclic amines) is 1. The van der Waals surface area contributed by atoms with Crippen molar-refractivity contribution in [2.24, 2.45) is 0 Å². The summed E-state index contributed by atoms with van der Waals surface area (Å²) in [6.45, 7) is 3.33. The fraction of sp³-hybridized carbons (Fsp3) is 0.429. The Morgan fingerprint density at radius 1 is 1.29 bits per heavy atom. The van der Waals surface area contributed by atoms with Crippen molar-refractivity contribution in [3.8, 4) is 5.75 Å². The molecule has 2 amide bonds. The molecule has 2 aliphatic heterocycles. The maximum Gasteiger partial charge on any atom is 0.268 e. The van der Waals surface area contributed by atoms with Crippen LogP contribution in [0.4, 0.5) is 5.69 Å². The standard InChI is InChI=1S/C21H24N2O5/c1-2-16-21(26)23(13-19(24)22-9-3-4-10-22)15-12-14(7-8-17(15)28-16)20(25)18-6-5-11-27-18/h5-8,11-12,16,20,25H,2-4,9-10,13H2,1H3/t16-,20-/m0/s1. The summed E-state index contributed by atoms with van der Waals surface area (Å²) in [4.78, 5) is 28.9. The molecule has 0 unspecified atom stereocenters. The predicted molar refractivity (Wildman–Crippen MR) is 102 cm³/mol. The summed E-state index contributed by atoms with van der Waals surface area (Å²) in [5.41, 5.74) is 1.07. The second-order valence-corrected chi connectivity index (χ2v) is 7.17. The van der Waals surface area contributed by atoms with Crippen LogP contribution < -0.4 is 9.64 Å². The van der Waals surface area contributed by atoms with Crippen molar-refractivity contribution in [1.29, 1.82) is 0 Å². The van der Waals surface area contributed by atoms with E-state index in [1.165, 1.54) is 11.2 Å². The topological polar surface area (TPSA) is 83.2 Å². The molecule has 28 heavy (non-hydrogen) atoms. The van der Waals surface area contributed by atoms with Crippen molar-refractivity contribution in [2.75, 3.05) is 24.5 Å². The first kappa shape index (κ1) is 18.6. The fourth-order valence-corrected chi connectivity index (χ4v) is 3.75. The van der Waals surface area contributed by atoms with Gasteiger partial charge in [0.2, 0.25) is 5.91 Å². The fourth-order valence-electron chi connectivity index (χ4n) is 3.75. The number of furan rings is 1. The zero-order chi connectivity index (χ0) is 19.7. The van der Waals surface area contributed by atoms with E-state index in [4.69, 9.17) is 9.15 Å². The Hall–Kier alpha value is -2.80. The van der Waals surface area contributed by atoms with Gasteiger partial charge >= 0.3 is 0 Å². The molecule has 7 heteroatoms. The van der Waals surface area contributed by atoms with Gasteiger partial charge in [0.15, 0.2) is 6.10 Å². The number of carbonyl (C=O) groups is 2. The van der Waals surface area contributed by atoms with E-state index in [2.05, 4.69) is 0 Å². The quantitative estimate of drug-likeness (QED) is 0.856. The van der Waals surface area contributed by atoms with Crippen LogP contribution in [0, 0.1) is 0 Å². The normalized spacial score (nSPS) is 20.1. The van der Waals surface area contributed by atoms with Crippen LogP contribution in [0.25, 0.3) is 0 Å². The van der Waals surface area contributed by atoms with Gasteiger partial charge in [0, 0.05) is 13.1 Å². The van der Waals surface area contributed by atoms with E-state index in [0.717, 1.165) is 25.9 Å². The van der Waals surface area contributed by atoms with Gasteiger partial charge < -0.3 is 19.2 Å². The summed E-state index contributed by atoms with van der Waals surface area (Å²) in [5.74, 6) is 0.655. The minimum absolute atomic E-state index is 0.0218. The molecule has 2 aromatic rings. The Labute approximate surface area is 163 Å². The van der Waals surface area contributed by atoms with Gasteiger partial charge in [-0.05, 0) is 49.1 Å². The van der Waals surface area contributed by atoms with Gasteiger partial charge in [-0.1, -0.05) is 13.0 Å².